The smallest absolute Gasteiger partial charge is 0.270 e. The van der Waals surface area contributed by atoms with Crippen LogP contribution in [0.5, 0.6) is 0 Å². The molecule has 0 aliphatic rings. The molecule has 1 heterocycles. The number of halogens is 1. The SMILES string of the molecule is CNC(=O)C(Cc1cccc(Br)c1)NC(=O)c1cc(-c2ccccc2)nn1Cc1ccccc1C#N. The van der Waals surface area contributed by atoms with Gasteiger partial charge in [-0.1, -0.05) is 76.6 Å². The van der Waals surface area contributed by atoms with Crippen molar-refractivity contribution in [1.29, 1.82) is 5.26 Å². The number of benzene rings is 3. The lowest BCUT2D eigenvalue weighted by atomic mass is 10.0. The van der Waals surface area contributed by atoms with Crippen molar-refractivity contribution in [1.82, 2.24) is 20.4 Å². The van der Waals surface area contributed by atoms with Gasteiger partial charge in [0.15, 0.2) is 0 Å². The molecule has 4 aromatic rings. The summed E-state index contributed by atoms with van der Waals surface area (Å²) in [6.07, 6.45) is 0.321. The fourth-order valence-electron chi connectivity index (χ4n) is 3.91. The molecule has 7 nitrogen and oxygen atoms in total. The number of hydrogen-bond acceptors (Lipinski definition) is 4. The predicted molar refractivity (Wildman–Crippen MR) is 141 cm³/mol. The maximum atomic E-state index is 13.5. The molecule has 0 aliphatic carbocycles. The Kier molecular flexibility index (Phi) is 7.93. The van der Waals surface area contributed by atoms with Crippen molar-refractivity contribution in [3.8, 4) is 17.3 Å². The zero-order valence-electron chi connectivity index (χ0n) is 19.6. The van der Waals surface area contributed by atoms with Crippen LogP contribution in [0, 0.1) is 11.3 Å². The molecule has 1 aromatic heterocycles. The summed E-state index contributed by atoms with van der Waals surface area (Å²) in [7, 11) is 1.54. The number of carbonyl (C=O) groups excluding carboxylic acids is 2. The number of carbonyl (C=O) groups is 2. The highest BCUT2D eigenvalue weighted by atomic mass is 79.9. The van der Waals surface area contributed by atoms with Crippen molar-refractivity contribution < 1.29 is 9.59 Å². The molecule has 4 rings (SSSR count). The van der Waals surface area contributed by atoms with Crippen LogP contribution in [0.25, 0.3) is 11.3 Å². The van der Waals surface area contributed by atoms with Crippen molar-refractivity contribution in [3.63, 3.8) is 0 Å². The van der Waals surface area contributed by atoms with Gasteiger partial charge in [-0.15, -0.1) is 0 Å². The Balaban J connectivity index is 1.68. The minimum absolute atomic E-state index is 0.232. The molecule has 180 valence electrons. The number of nitrogens with one attached hydrogen (secondary N) is 2. The minimum Gasteiger partial charge on any atom is -0.357 e. The Morgan fingerprint density at radius 1 is 1.03 bits per heavy atom. The van der Waals surface area contributed by atoms with Gasteiger partial charge in [0.25, 0.3) is 5.91 Å². The Morgan fingerprint density at radius 3 is 2.50 bits per heavy atom. The molecule has 0 aliphatic heterocycles. The second kappa shape index (κ2) is 11.5. The van der Waals surface area contributed by atoms with Crippen molar-refractivity contribution in [2.45, 2.75) is 19.0 Å². The summed E-state index contributed by atoms with van der Waals surface area (Å²) < 4.78 is 2.47. The first-order valence-corrected chi connectivity index (χ1v) is 12.2. The van der Waals surface area contributed by atoms with E-state index in [1.165, 1.54) is 0 Å². The van der Waals surface area contributed by atoms with Crippen molar-refractivity contribution in [2.75, 3.05) is 7.05 Å². The Labute approximate surface area is 217 Å². The van der Waals surface area contributed by atoms with E-state index in [1.54, 1.807) is 29.9 Å². The summed E-state index contributed by atoms with van der Waals surface area (Å²) in [5.41, 5.74) is 3.94. The van der Waals surface area contributed by atoms with Gasteiger partial charge >= 0.3 is 0 Å². The lowest BCUT2D eigenvalue weighted by Crippen LogP contribution is -2.47. The summed E-state index contributed by atoms with van der Waals surface area (Å²) in [6, 6.07) is 27.5. The van der Waals surface area contributed by atoms with E-state index in [9.17, 15) is 14.9 Å². The van der Waals surface area contributed by atoms with Crippen LogP contribution in [0.2, 0.25) is 0 Å². The van der Waals surface area contributed by atoms with Gasteiger partial charge in [-0.2, -0.15) is 10.4 Å². The van der Waals surface area contributed by atoms with Gasteiger partial charge in [0, 0.05) is 23.5 Å². The molecule has 1 unspecified atom stereocenters. The van der Waals surface area contributed by atoms with Gasteiger partial charge in [0.2, 0.25) is 5.91 Å². The first-order chi connectivity index (χ1) is 17.5. The molecule has 1 atom stereocenters. The monoisotopic (exact) mass is 541 g/mol. The standard InChI is InChI=1S/C28H24BrN5O2/c1-31-27(35)25(15-19-8-7-13-23(29)14-19)32-28(36)26-16-24(20-9-3-2-4-10-20)33-34(26)18-22-12-6-5-11-21(22)17-30/h2-14,16,25H,15,18H2,1H3,(H,31,35)(H,32,36). The van der Waals surface area contributed by atoms with Gasteiger partial charge in [0.1, 0.15) is 11.7 Å². The third-order valence-corrected chi connectivity index (χ3v) is 6.23. The van der Waals surface area contributed by atoms with Crippen LogP contribution in [0.15, 0.2) is 89.4 Å². The number of nitriles is 1. The highest BCUT2D eigenvalue weighted by Crippen LogP contribution is 2.21. The van der Waals surface area contributed by atoms with E-state index in [2.05, 4.69) is 37.7 Å². The van der Waals surface area contributed by atoms with Gasteiger partial charge in [-0.05, 0) is 35.4 Å². The molecule has 0 radical (unpaired) electrons. The molecule has 0 spiro atoms. The Bertz CT molecular complexity index is 1430. The van der Waals surface area contributed by atoms with E-state index in [1.807, 2.05) is 66.7 Å². The lowest BCUT2D eigenvalue weighted by Gasteiger charge is -2.18. The fourth-order valence-corrected chi connectivity index (χ4v) is 4.36. The first-order valence-electron chi connectivity index (χ1n) is 11.4. The predicted octanol–water partition coefficient (Wildman–Crippen LogP) is 4.32. The van der Waals surface area contributed by atoms with Crippen molar-refractivity contribution in [2.24, 2.45) is 0 Å². The minimum atomic E-state index is -0.785. The molecule has 36 heavy (non-hydrogen) atoms. The fraction of sp³-hybridized carbons (Fsp3) is 0.143. The molecule has 8 heteroatoms. The van der Waals surface area contributed by atoms with E-state index in [-0.39, 0.29) is 12.5 Å². The summed E-state index contributed by atoms with van der Waals surface area (Å²) in [6.45, 7) is 0.232. The molecule has 0 saturated heterocycles. The normalized spacial score (nSPS) is 11.4. The molecule has 0 fully saturated rings. The van der Waals surface area contributed by atoms with Gasteiger partial charge in [0.05, 0.1) is 23.9 Å². The zero-order chi connectivity index (χ0) is 25.5. The quantitative estimate of drug-likeness (QED) is 0.347. The molecule has 2 amide bonds. The van der Waals surface area contributed by atoms with Crippen LogP contribution >= 0.6 is 15.9 Å². The van der Waals surface area contributed by atoms with E-state index in [0.717, 1.165) is 21.2 Å². The molecular formula is C28H24BrN5O2. The van der Waals surface area contributed by atoms with E-state index in [0.29, 0.717) is 23.4 Å². The second-order valence-electron chi connectivity index (χ2n) is 8.18. The first kappa shape index (κ1) is 24.9. The van der Waals surface area contributed by atoms with Crippen molar-refractivity contribution in [3.05, 3.63) is 112 Å². The lowest BCUT2D eigenvalue weighted by molar-refractivity contribution is -0.122. The molecule has 0 bridgehead atoms. The largest absolute Gasteiger partial charge is 0.357 e. The zero-order valence-corrected chi connectivity index (χ0v) is 21.2. The number of rotatable bonds is 8. The Hall–Kier alpha value is -4.22. The topological polar surface area (TPSA) is 99.8 Å². The molecule has 0 saturated carbocycles. The number of amides is 2. The summed E-state index contributed by atoms with van der Waals surface area (Å²) in [4.78, 5) is 26.2. The van der Waals surface area contributed by atoms with Gasteiger partial charge in [-0.3, -0.25) is 14.3 Å². The summed E-state index contributed by atoms with van der Waals surface area (Å²) >= 11 is 3.45. The van der Waals surface area contributed by atoms with Crippen LogP contribution in [0.4, 0.5) is 0 Å². The number of aromatic nitrogens is 2. The van der Waals surface area contributed by atoms with Crippen LogP contribution in [-0.4, -0.2) is 34.7 Å². The van der Waals surface area contributed by atoms with E-state index in [4.69, 9.17) is 0 Å². The third-order valence-electron chi connectivity index (χ3n) is 5.74. The Morgan fingerprint density at radius 2 is 1.78 bits per heavy atom. The van der Waals surface area contributed by atoms with E-state index < -0.39 is 11.9 Å². The summed E-state index contributed by atoms with van der Waals surface area (Å²) in [5, 5.41) is 19.7. The van der Waals surface area contributed by atoms with Crippen LogP contribution < -0.4 is 10.6 Å². The van der Waals surface area contributed by atoms with Gasteiger partial charge in [-0.25, -0.2) is 0 Å². The van der Waals surface area contributed by atoms with Crippen LogP contribution in [0.3, 0.4) is 0 Å². The average molecular weight is 542 g/mol. The number of nitrogens with zero attached hydrogens (tertiary/aromatic N) is 3. The average Bonchev–Trinajstić information content (AvgIpc) is 3.32. The number of likely N-dealkylation sites (N-methyl/N-ethyl adjacent to an activating group) is 1. The highest BCUT2D eigenvalue weighted by molar-refractivity contribution is 9.10. The molecular weight excluding hydrogens is 518 g/mol. The van der Waals surface area contributed by atoms with Crippen LogP contribution in [0.1, 0.15) is 27.2 Å². The summed E-state index contributed by atoms with van der Waals surface area (Å²) in [5.74, 6) is -0.727. The van der Waals surface area contributed by atoms with E-state index >= 15 is 0 Å². The number of hydrogen-bond donors (Lipinski definition) is 2. The molecule has 2 N–H and O–H groups in total. The maximum absolute atomic E-state index is 13.5. The van der Waals surface area contributed by atoms with Gasteiger partial charge < -0.3 is 10.6 Å². The van der Waals surface area contributed by atoms with Crippen molar-refractivity contribution >= 4 is 27.7 Å². The second-order valence-corrected chi connectivity index (χ2v) is 9.10. The third kappa shape index (κ3) is 5.88. The highest BCUT2D eigenvalue weighted by Gasteiger charge is 2.24. The molecule has 3 aromatic carbocycles. The maximum Gasteiger partial charge on any atom is 0.270 e. The van der Waals surface area contributed by atoms with Crippen LogP contribution in [-0.2, 0) is 17.8 Å².